The normalized spacial score (nSPS) is 20.5. The Kier molecular flexibility index (Phi) is 4.59. The number of rotatable bonds is 6. The number of unbranched alkanes of at least 4 members (excludes halogenated alkanes) is 3. The highest BCUT2D eigenvalue weighted by Crippen LogP contribution is 2.36. The molecule has 1 fully saturated rings. The van der Waals surface area contributed by atoms with Gasteiger partial charge in [-0.25, -0.2) is 0 Å². The zero-order valence-electron chi connectivity index (χ0n) is 7.67. The van der Waals surface area contributed by atoms with E-state index in [1.807, 2.05) is 0 Å². The Morgan fingerprint density at radius 1 is 1.25 bits per heavy atom. The molecule has 1 saturated heterocycles. The smallest absolute Gasteiger partial charge is 0.376 e. The lowest BCUT2D eigenvalue weighted by molar-refractivity contribution is 0.179. The summed E-state index contributed by atoms with van der Waals surface area (Å²) in [6, 6.07) is 0.969. The Morgan fingerprint density at radius 3 is 2.42 bits per heavy atom. The zero-order chi connectivity index (χ0) is 8.86. The Labute approximate surface area is 79.6 Å². The molecule has 0 bridgehead atoms. The molecule has 72 valence electrons. The molecule has 1 aliphatic rings. The van der Waals surface area contributed by atoms with Crippen LogP contribution in [0.4, 0.5) is 0 Å². The molecule has 1 heterocycles. The molecular formula is C7H16O3SSi. The summed E-state index contributed by atoms with van der Waals surface area (Å²) < 4.78 is 15.7. The lowest BCUT2D eigenvalue weighted by Gasteiger charge is -2.32. The Bertz CT molecular complexity index is 124. The minimum absolute atomic E-state index is 0.969. The minimum atomic E-state index is -2.10. The molecule has 3 nitrogen and oxygen atoms in total. The van der Waals surface area contributed by atoms with Gasteiger partial charge >= 0.3 is 8.80 Å². The molecule has 0 atom stereocenters. The number of hydrogen-bond acceptors (Lipinski definition) is 4. The second-order valence-corrected chi connectivity index (χ2v) is 6.68. The van der Waals surface area contributed by atoms with Crippen molar-refractivity contribution in [3.8, 4) is 0 Å². The van der Waals surface area contributed by atoms with Crippen molar-refractivity contribution in [1.82, 2.24) is 0 Å². The fourth-order valence-corrected chi connectivity index (χ4v) is 4.11. The first-order valence-electron chi connectivity index (χ1n) is 4.41. The standard InChI is InChI=1S/C7H16O3SSi/c1-3-4-5-6-7-12(8-2)9-11-10-12/h3-7H2,1-2H3. The molecule has 0 spiro atoms. The van der Waals surface area contributed by atoms with Crippen molar-refractivity contribution in [3.05, 3.63) is 0 Å². The van der Waals surface area contributed by atoms with E-state index < -0.39 is 8.80 Å². The molecular weight excluding hydrogens is 192 g/mol. The van der Waals surface area contributed by atoms with Crippen LogP contribution in [-0.2, 0) is 12.2 Å². The highest BCUT2D eigenvalue weighted by molar-refractivity contribution is 7.94. The molecule has 1 rings (SSSR count). The van der Waals surface area contributed by atoms with Gasteiger partial charge in [0.1, 0.15) is 12.3 Å². The Hall–Kier alpha value is 0.447. The molecule has 12 heavy (non-hydrogen) atoms. The lowest BCUT2D eigenvalue weighted by Crippen LogP contribution is -2.47. The van der Waals surface area contributed by atoms with Crippen molar-refractivity contribution < 1.29 is 12.2 Å². The highest BCUT2D eigenvalue weighted by atomic mass is 32.2. The van der Waals surface area contributed by atoms with Gasteiger partial charge in [-0.05, 0) is 6.42 Å². The van der Waals surface area contributed by atoms with Gasteiger partial charge in [-0.2, -0.15) is 0 Å². The van der Waals surface area contributed by atoms with Gasteiger partial charge in [0.25, 0.3) is 0 Å². The average Bonchev–Trinajstić information content (AvgIpc) is 2.02. The van der Waals surface area contributed by atoms with Gasteiger partial charge in [-0.1, -0.05) is 26.2 Å². The second-order valence-electron chi connectivity index (χ2n) is 2.93. The zero-order valence-corrected chi connectivity index (χ0v) is 9.49. The molecule has 0 N–H and O–H groups in total. The largest absolute Gasteiger partial charge is 0.526 e. The summed E-state index contributed by atoms with van der Waals surface area (Å²) in [4.78, 5) is 0. The van der Waals surface area contributed by atoms with E-state index in [9.17, 15) is 0 Å². The summed E-state index contributed by atoms with van der Waals surface area (Å²) in [5.41, 5.74) is 0. The van der Waals surface area contributed by atoms with E-state index in [0.29, 0.717) is 0 Å². The third kappa shape index (κ3) is 2.74. The van der Waals surface area contributed by atoms with Crippen LogP contribution in [0.5, 0.6) is 0 Å². The first-order chi connectivity index (χ1) is 5.83. The average molecular weight is 208 g/mol. The fourth-order valence-electron chi connectivity index (χ4n) is 1.13. The van der Waals surface area contributed by atoms with Crippen molar-refractivity contribution in [2.45, 2.75) is 38.7 Å². The fraction of sp³-hybridized carbons (Fsp3) is 1.00. The predicted molar refractivity (Wildman–Crippen MR) is 51.5 cm³/mol. The molecule has 0 aromatic rings. The predicted octanol–water partition coefficient (Wildman–Crippen LogP) is 2.76. The van der Waals surface area contributed by atoms with Crippen molar-refractivity contribution >= 4 is 21.1 Å². The minimum Gasteiger partial charge on any atom is -0.376 e. The van der Waals surface area contributed by atoms with Crippen LogP contribution >= 0.6 is 12.3 Å². The molecule has 0 unspecified atom stereocenters. The lowest BCUT2D eigenvalue weighted by atomic mass is 10.2. The van der Waals surface area contributed by atoms with Gasteiger partial charge in [0.15, 0.2) is 0 Å². The van der Waals surface area contributed by atoms with Crippen LogP contribution in [0, 0.1) is 0 Å². The van der Waals surface area contributed by atoms with Gasteiger partial charge in [-0.15, -0.1) is 0 Å². The van der Waals surface area contributed by atoms with Gasteiger partial charge in [0.05, 0.1) is 0 Å². The summed E-state index contributed by atoms with van der Waals surface area (Å²) in [7, 11) is -0.431. The van der Waals surface area contributed by atoms with E-state index in [2.05, 4.69) is 6.92 Å². The Morgan fingerprint density at radius 2 is 2.00 bits per heavy atom. The molecule has 0 saturated carbocycles. The first kappa shape index (κ1) is 10.5. The van der Waals surface area contributed by atoms with Crippen molar-refractivity contribution in [3.63, 3.8) is 0 Å². The summed E-state index contributed by atoms with van der Waals surface area (Å²) in [6.45, 7) is 2.20. The van der Waals surface area contributed by atoms with Crippen molar-refractivity contribution in [2.24, 2.45) is 0 Å². The third-order valence-corrected chi connectivity index (χ3v) is 6.13. The van der Waals surface area contributed by atoms with Crippen LogP contribution in [0.2, 0.25) is 6.04 Å². The second kappa shape index (κ2) is 5.24. The highest BCUT2D eigenvalue weighted by Gasteiger charge is 2.49. The van der Waals surface area contributed by atoms with E-state index in [-0.39, 0.29) is 0 Å². The summed E-state index contributed by atoms with van der Waals surface area (Å²) in [6.07, 6.45) is 4.97. The van der Waals surface area contributed by atoms with Crippen molar-refractivity contribution in [2.75, 3.05) is 7.11 Å². The van der Waals surface area contributed by atoms with Gasteiger partial charge < -0.3 is 4.43 Å². The molecule has 0 radical (unpaired) electrons. The molecule has 0 amide bonds. The van der Waals surface area contributed by atoms with E-state index >= 15 is 0 Å². The third-order valence-electron chi connectivity index (χ3n) is 1.97. The topological polar surface area (TPSA) is 27.7 Å². The van der Waals surface area contributed by atoms with E-state index in [4.69, 9.17) is 12.2 Å². The van der Waals surface area contributed by atoms with Crippen LogP contribution in [0.15, 0.2) is 0 Å². The maximum atomic E-state index is 5.26. The van der Waals surface area contributed by atoms with Crippen LogP contribution in [-0.4, -0.2) is 15.9 Å². The molecule has 0 aliphatic carbocycles. The molecule has 1 aliphatic heterocycles. The van der Waals surface area contributed by atoms with Gasteiger partial charge in [-0.3, -0.25) is 7.74 Å². The molecule has 0 aromatic heterocycles. The van der Waals surface area contributed by atoms with E-state index in [1.54, 1.807) is 7.11 Å². The summed E-state index contributed by atoms with van der Waals surface area (Å²) in [5.74, 6) is 0. The van der Waals surface area contributed by atoms with Gasteiger partial charge in [0, 0.05) is 13.2 Å². The quantitative estimate of drug-likeness (QED) is 0.381. The maximum absolute atomic E-state index is 5.26. The molecule has 0 aromatic carbocycles. The summed E-state index contributed by atoms with van der Waals surface area (Å²) in [5, 5.41) is 0. The summed E-state index contributed by atoms with van der Waals surface area (Å²) >= 11 is 1.07. The van der Waals surface area contributed by atoms with Crippen LogP contribution in [0.1, 0.15) is 32.6 Å². The van der Waals surface area contributed by atoms with Crippen LogP contribution in [0.3, 0.4) is 0 Å². The first-order valence-corrected chi connectivity index (χ1v) is 7.01. The van der Waals surface area contributed by atoms with Crippen LogP contribution < -0.4 is 0 Å². The Balaban J connectivity index is 2.04. The van der Waals surface area contributed by atoms with Crippen molar-refractivity contribution in [1.29, 1.82) is 0 Å². The van der Waals surface area contributed by atoms with E-state index in [0.717, 1.165) is 24.8 Å². The van der Waals surface area contributed by atoms with Crippen LogP contribution in [0.25, 0.3) is 0 Å². The molecule has 5 heteroatoms. The number of hydrogen-bond donors (Lipinski definition) is 0. The van der Waals surface area contributed by atoms with E-state index in [1.165, 1.54) is 19.3 Å². The van der Waals surface area contributed by atoms with Gasteiger partial charge in [0.2, 0.25) is 0 Å². The maximum Gasteiger partial charge on any atom is 0.526 e. The monoisotopic (exact) mass is 208 g/mol. The SMILES string of the molecule is CCCCCC[Si]1(OC)OSO1.